The molecule has 0 saturated carbocycles. The van der Waals surface area contributed by atoms with E-state index < -0.39 is 16.8 Å². The standard InChI is InChI=1S/C26H19BrO4S4/c1-2-30-23(28)22(27)24(29)31-14-15-7-8-18-19(13-15)21(26-34-11-12-35-26)17-6-4-3-5-16(17)20(18)25-32-9-10-33-25/h3-13,22H,2,14H2,1H3. The molecule has 0 aromatic heterocycles. The van der Waals surface area contributed by atoms with Crippen molar-refractivity contribution in [2.75, 3.05) is 6.61 Å². The van der Waals surface area contributed by atoms with E-state index in [-0.39, 0.29) is 13.2 Å². The van der Waals surface area contributed by atoms with E-state index in [1.165, 1.54) is 29.7 Å². The van der Waals surface area contributed by atoms with Gasteiger partial charge < -0.3 is 9.47 Å². The van der Waals surface area contributed by atoms with Crippen molar-refractivity contribution in [3.8, 4) is 0 Å². The van der Waals surface area contributed by atoms with Gasteiger partial charge in [0.05, 0.1) is 15.1 Å². The average molecular weight is 604 g/mol. The minimum atomic E-state index is -1.14. The van der Waals surface area contributed by atoms with Gasteiger partial charge in [0.25, 0.3) is 0 Å². The van der Waals surface area contributed by atoms with Crippen molar-refractivity contribution in [3.63, 3.8) is 0 Å². The van der Waals surface area contributed by atoms with Crippen LogP contribution in [0.15, 0.2) is 64.1 Å². The molecule has 1 atom stereocenters. The second-order valence-electron chi connectivity index (χ2n) is 7.49. The summed E-state index contributed by atoms with van der Waals surface area (Å²) in [5.74, 6) is -1.31. The molecule has 2 aliphatic rings. The number of benzene rings is 3. The number of alkyl halides is 1. The number of hydrogen-bond donors (Lipinski definition) is 0. The molecule has 0 aliphatic carbocycles. The largest absolute Gasteiger partial charge is 0.465 e. The second kappa shape index (κ2) is 11.1. The van der Waals surface area contributed by atoms with E-state index in [0.717, 1.165) is 16.3 Å². The van der Waals surface area contributed by atoms with E-state index in [2.05, 4.69) is 74.0 Å². The van der Waals surface area contributed by atoms with Crippen LogP contribution in [0.3, 0.4) is 0 Å². The number of fused-ring (bicyclic) bond motifs is 2. The molecule has 0 saturated heterocycles. The lowest BCUT2D eigenvalue weighted by atomic mass is 9.97. The number of carbonyl (C=O) groups is 2. The van der Waals surface area contributed by atoms with Gasteiger partial charge in [-0.25, -0.2) is 0 Å². The monoisotopic (exact) mass is 602 g/mol. The number of thioether (sulfide) groups is 4. The predicted octanol–water partition coefficient (Wildman–Crippen LogP) is 6.40. The fourth-order valence-electron chi connectivity index (χ4n) is 3.94. The summed E-state index contributed by atoms with van der Waals surface area (Å²) in [6.45, 7) is 1.96. The summed E-state index contributed by atoms with van der Waals surface area (Å²) in [5.41, 5.74) is 0.855. The molecular weight excluding hydrogens is 584 g/mol. The van der Waals surface area contributed by atoms with Crippen LogP contribution in [0, 0.1) is 0 Å². The second-order valence-corrected chi connectivity index (χ2v) is 12.6. The summed E-state index contributed by atoms with van der Waals surface area (Å²) in [6.07, 6.45) is 0. The lowest BCUT2D eigenvalue weighted by molar-refractivity contribution is -0.153. The summed E-state index contributed by atoms with van der Waals surface area (Å²) in [7, 11) is 0. The Labute approximate surface area is 227 Å². The maximum absolute atomic E-state index is 12.4. The molecule has 0 bridgehead atoms. The number of esters is 2. The van der Waals surface area contributed by atoms with Gasteiger partial charge in [0, 0.05) is 10.4 Å². The maximum Gasteiger partial charge on any atom is 0.331 e. The van der Waals surface area contributed by atoms with E-state index >= 15 is 0 Å². The highest BCUT2D eigenvalue weighted by Crippen LogP contribution is 2.41. The van der Waals surface area contributed by atoms with Crippen molar-refractivity contribution < 1.29 is 19.1 Å². The maximum atomic E-state index is 12.4. The number of hydrogen-bond acceptors (Lipinski definition) is 8. The van der Waals surface area contributed by atoms with Gasteiger partial charge in [-0.2, -0.15) is 0 Å². The third kappa shape index (κ3) is 5.06. The molecule has 2 heterocycles. The first kappa shape index (κ1) is 24.9. The molecule has 0 amide bonds. The number of ether oxygens (including phenoxy) is 2. The Bertz CT molecular complexity index is 1510. The molecule has 3 aromatic carbocycles. The Hall–Kier alpha value is -1.78. The van der Waals surface area contributed by atoms with Gasteiger partial charge >= 0.3 is 11.9 Å². The highest BCUT2D eigenvalue weighted by Gasteiger charge is 2.26. The minimum absolute atomic E-state index is 0.0629. The molecule has 1 unspecified atom stereocenters. The van der Waals surface area contributed by atoms with Crippen LogP contribution < -0.4 is 10.4 Å². The SMILES string of the molecule is CCOC(=O)C(Br)C(=O)OCc1ccc2c(=C3SC=CS3)c3ccccc3c(=C3SC=CS3)c2c1. The molecular formula is C26H19BrO4S4. The Balaban J connectivity index is 1.65. The third-order valence-electron chi connectivity index (χ3n) is 5.39. The van der Waals surface area contributed by atoms with Crippen molar-refractivity contribution >= 4 is 105 Å². The minimum Gasteiger partial charge on any atom is -0.465 e. The molecule has 9 heteroatoms. The van der Waals surface area contributed by atoms with Gasteiger partial charge in [-0.1, -0.05) is 99.4 Å². The Kier molecular flexibility index (Phi) is 7.89. The van der Waals surface area contributed by atoms with Gasteiger partial charge in [0.15, 0.2) is 0 Å². The van der Waals surface area contributed by atoms with E-state index in [0.29, 0.717) is 0 Å². The summed E-state index contributed by atoms with van der Waals surface area (Å²) in [6, 6.07) is 14.7. The van der Waals surface area contributed by atoms with E-state index in [4.69, 9.17) is 9.47 Å². The quantitative estimate of drug-likeness (QED) is 0.144. The van der Waals surface area contributed by atoms with Gasteiger partial charge in [-0.05, 0) is 61.7 Å². The molecule has 0 N–H and O–H groups in total. The van der Waals surface area contributed by atoms with Crippen molar-refractivity contribution in [2.45, 2.75) is 18.4 Å². The van der Waals surface area contributed by atoms with E-state index in [1.54, 1.807) is 54.0 Å². The smallest absolute Gasteiger partial charge is 0.331 e. The molecule has 2 aliphatic heterocycles. The van der Waals surface area contributed by atoms with E-state index in [9.17, 15) is 9.59 Å². The van der Waals surface area contributed by atoms with Crippen molar-refractivity contribution in [1.29, 1.82) is 0 Å². The van der Waals surface area contributed by atoms with Crippen molar-refractivity contribution in [1.82, 2.24) is 0 Å². The van der Waals surface area contributed by atoms with Crippen LogP contribution in [0.25, 0.3) is 30.0 Å². The van der Waals surface area contributed by atoms with Crippen LogP contribution in [0.5, 0.6) is 0 Å². The van der Waals surface area contributed by atoms with Crippen LogP contribution in [0.4, 0.5) is 0 Å². The topological polar surface area (TPSA) is 52.6 Å². The van der Waals surface area contributed by atoms with E-state index in [1.807, 2.05) is 6.07 Å². The summed E-state index contributed by atoms with van der Waals surface area (Å²) >= 11 is 10.0. The first-order valence-electron chi connectivity index (χ1n) is 10.7. The molecule has 0 radical (unpaired) electrons. The van der Waals surface area contributed by atoms with Crippen LogP contribution >= 0.6 is 63.0 Å². The lowest BCUT2D eigenvalue weighted by Gasteiger charge is -2.13. The Morgan fingerprint density at radius 2 is 1.29 bits per heavy atom. The third-order valence-corrected chi connectivity index (χ3v) is 10.4. The normalized spacial score (nSPS) is 15.8. The summed E-state index contributed by atoms with van der Waals surface area (Å²) < 4.78 is 12.8. The van der Waals surface area contributed by atoms with Gasteiger partial charge in [-0.15, -0.1) is 0 Å². The zero-order valence-electron chi connectivity index (χ0n) is 18.5. The van der Waals surface area contributed by atoms with Gasteiger partial charge in [0.2, 0.25) is 4.83 Å². The first-order valence-corrected chi connectivity index (χ1v) is 15.2. The molecule has 5 rings (SSSR count). The molecule has 35 heavy (non-hydrogen) atoms. The summed E-state index contributed by atoms with van der Waals surface area (Å²) in [5, 5.41) is 15.6. The highest BCUT2D eigenvalue weighted by molar-refractivity contribution is 9.10. The van der Waals surface area contributed by atoms with Crippen LogP contribution in [-0.2, 0) is 25.7 Å². The molecule has 4 nitrogen and oxygen atoms in total. The number of halogens is 1. The number of rotatable bonds is 5. The molecule has 3 aromatic rings. The van der Waals surface area contributed by atoms with Crippen molar-refractivity contribution in [2.24, 2.45) is 0 Å². The predicted molar refractivity (Wildman–Crippen MR) is 155 cm³/mol. The average Bonchev–Trinajstić information content (AvgIpc) is 3.60. The number of carbonyl (C=O) groups excluding carboxylic acids is 2. The van der Waals surface area contributed by atoms with Crippen LogP contribution in [0.1, 0.15) is 12.5 Å². The lowest BCUT2D eigenvalue weighted by Crippen LogP contribution is -2.28. The first-order chi connectivity index (χ1) is 17.1. The van der Waals surface area contributed by atoms with Gasteiger partial charge in [0.1, 0.15) is 6.61 Å². The highest BCUT2D eigenvalue weighted by atomic mass is 79.9. The summed E-state index contributed by atoms with van der Waals surface area (Å²) in [4.78, 5) is 23.1. The molecule has 0 fully saturated rings. The fraction of sp³-hybridized carbons (Fsp3) is 0.154. The zero-order valence-corrected chi connectivity index (χ0v) is 23.3. The van der Waals surface area contributed by atoms with Crippen LogP contribution in [0.2, 0.25) is 0 Å². The molecule has 178 valence electrons. The molecule has 0 spiro atoms. The Morgan fingerprint density at radius 3 is 1.86 bits per heavy atom. The van der Waals surface area contributed by atoms with Crippen LogP contribution in [-0.4, -0.2) is 23.4 Å². The fourth-order valence-corrected chi connectivity index (χ4v) is 8.05. The Morgan fingerprint density at radius 1 is 0.771 bits per heavy atom. The van der Waals surface area contributed by atoms with Crippen molar-refractivity contribution in [3.05, 3.63) is 80.1 Å². The van der Waals surface area contributed by atoms with Gasteiger partial charge in [-0.3, -0.25) is 9.59 Å². The zero-order chi connectivity index (χ0) is 24.4.